The van der Waals surface area contributed by atoms with Gasteiger partial charge in [0.2, 0.25) is 11.8 Å². The number of methoxy groups -OCH3 is 1. The van der Waals surface area contributed by atoms with Crippen LogP contribution in [0, 0.1) is 5.41 Å². The van der Waals surface area contributed by atoms with Gasteiger partial charge in [-0.15, -0.1) is 17.9 Å². The van der Waals surface area contributed by atoms with E-state index in [1.807, 2.05) is 80.8 Å². The SMILES string of the molecule is C=CCCc1csc(N[C@H](C(=O)N2C[C@H](Oc3nc4ccccc4nc3-c3cccc(C=C)c3)C[C@H]2C(=O)OC)C(C)(C)C)n1. The summed E-state index contributed by atoms with van der Waals surface area (Å²) in [5.41, 5.74) is 4.19. The van der Waals surface area contributed by atoms with Crippen LogP contribution in [-0.4, -0.2) is 63.6 Å². The Morgan fingerprint density at radius 1 is 1.11 bits per heavy atom. The smallest absolute Gasteiger partial charge is 0.328 e. The number of para-hydroxylation sites is 2. The van der Waals surface area contributed by atoms with Gasteiger partial charge in [0, 0.05) is 17.4 Å². The molecule has 2 aromatic heterocycles. The average molecular weight is 626 g/mol. The van der Waals surface area contributed by atoms with E-state index in [0.717, 1.165) is 35.2 Å². The number of aromatic nitrogens is 3. The molecule has 1 saturated heterocycles. The van der Waals surface area contributed by atoms with E-state index in [1.165, 1.54) is 18.4 Å². The zero-order valence-corrected chi connectivity index (χ0v) is 27.0. The Bertz CT molecular complexity index is 1710. The zero-order valence-electron chi connectivity index (χ0n) is 26.2. The van der Waals surface area contributed by atoms with Gasteiger partial charge >= 0.3 is 5.97 Å². The highest BCUT2D eigenvalue weighted by Crippen LogP contribution is 2.34. The molecule has 0 aliphatic carbocycles. The fourth-order valence-electron chi connectivity index (χ4n) is 5.39. The van der Waals surface area contributed by atoms with Crippen molar-refractivity contribution < 1.29 is 19.1 Å². The van der Waals surface area contributed by atoms with Crippen LogP contribution in [0.3, 0.4) is 0 Å². The minimum atomic E-state index is -0.820. The molecule has 3 atom stereocenters. The first-order valence-electron chi connectivity index (χ1n) is 15.0. The molecule has 1 N–H and O–H groups in total. The molecule has 234 valence electrons. The minimum Gasteiger partial charge on any atom is -0.471 e. The maximum Gasteiger partial charge on any atom is 0.328 e. The number of anilines is 1. The normalized spacial score (nSPS) is 17.1. The highest BCUT2D eigenvalue weighted by molar-refractivity contribution is 7.13. The van der Waals surface area contributed by atoms with Crippen molar-refractivity contribution in [3.05, 3.63) is 84.4 Å². The van der Waals surface area contributed by atoms with E-state index >= 15 is 0 Å². The summed E-state index contributed by atoms with van der Waals surface area (Å²) in [4.78, 5) is 43.3. The highest BCUT2D eigenvalue weighted by Gasteiger charge is 2.46. The largest absolute Gasteiger partial charge is 0.471 e. The van der Waals surface area contributed by atoms with Crippen molar-refractivity contribution >= 4 is 45.5 Å². The number of likely N-dealkylation sites (tertiary alicyclic amines) is 1. The lowest BCUT2D eigenvalue weighted by atomic mass is 9.85. The summed E-state index contributed by atoms with van der Waals surface area (Å²) in [5, 5.41) is 6.00. The summed E-state index contributed by atoms with van der Waals surface area (Å²) in [6.07, 6.45) is 4.96. The third-order valence-corrected chi connectivity index (χ3v) is 8.59. The number of carbonyl (C=O) groups excluding carboxylic acids is 2. The molecular formula is C35H39N5O4S. The van der Waals surface area contributed by atoms with E-state index < -0.39 is 29.6 Å². The van der Waals surface area contributed by atoms with Gasteiger partial charge < -0.3 is 19.7 Å². The molecule has 10 heteroatoms. The van der Waals surface area contributed by atoms with E-state index in [1.54, 1.807) is 11.0 Å². The van der Waals surface area contributed by atoms with Crippen molar-refractivity contribution in [2.45, 2.75) is 58.2 Å². The van der Waals surface area contributed by atoms with Gasteiger partial charge in [-0.25, -0.2) is 19.7 Å². The number of carbonyl (C=O) groups is 2. The Hall–Kier alpha value is -4.57. The third kappa shape index (κ3) is 7.23. The van der Waals surface area contributed by atoms with Crippen LogP contribution in [0.25, 0.3) is 28.4 Å². The van der Waals surface area contributed by atoms with Crippen molar-refractivity contribution in [2.75, 3.05) is 19.0 Å². The van der Waals surface area contributed by atoms with Crippen LogP contribution in [0.1, 0.15) is 44.9 Å². The van der Waals surface area contributed by atoms with Crippen LogP contribution in [0.15, 0.2) is 73.1 Å². The number of benzene rings is 2. The molecule has 0 unspecified atom stereocenters. The number of ether oxygens (including phenoxy) is 2. The lowest BCUT2D eigenvalue weighted by Gasteiger charge is -2.35. The van der Waals surface area contributed by atoms with Crippen LogP contribution < -0.4 is 10.1 Å². The van der Waals surface area contributed by atoms with Crippen molar-refractivity contribution in [1.82, 2.24) is 19.9 Å². The summed E-state index contributed by atoms with van der Waals surface area (Å²) in [7, 11) is 1.33. The number of aryl methyl sites for hydroxylation is 1. The molecule has 0 spiro atoms. The molecule has 45 heavy (non-hydrogen) atoms. The van der Waals surface area contributed by atoms with Crippen LogP contribution in [0.5, 0.6) is 5.88 Å². The predicted molar refractivity (Wildman–Crippen MR) is 179 cm³/mol. The molecule has 5 rings (SSSR count). The molecule has 9 nitrogen and oxygen atoms in total. The second-order valence-corrected chi connectivity index (χ2v) is 13.0. The lowest BCUT2D eigenvalue weighted by molar-refractivity contribution is -0.151. The maximum absolute atomic E-state index is 14.3. The molecule has 0 radical (unpaired) electrons. The first kappa shape index (κ1) is 31.8. The molecule has 1 amide bonds. The number of rotatable bonds is 11. The first-order valence-corrected chi connectivity index (χ1v) is 15.9. The van der Waals surface area contributed by atoms with Gasteiger partial charge in [-0.05, 0) is 42.0 Å². The number of hydrogen-bond acceptors (Lipinski definition) is 9. The maximum atomic E-state index is 14.3. The molecule has 0 saturated carbocycles. The summed E-state index contributed by atoms with van der Waals surface area (Å²) in [6.45, 7) is 13.8. The van der Waals surface area contributed by atoms with Crippen molar-refractivity contribution in [3.63, 3.8) is 0 Å². The molecule has 1 aliphatic heterocycles. The highest BCUT2D eigenvalue weighted by atomic mass is 32.1. The van der Waals surface area contributed by atoms with Gasteiger partial charge in [0.25, 0.3) is 0 Å². The topological polar surface area (TPSA) is 107 Å². The number of fused-ring (bicyclic) bond motifs is 1. The molecule has 1 aliphatic rings. The van der Waals surface area contributed by atoms with E-state index in [9.17, 15) is 9.59 Å². The summed E-state index contributed by atoms with van der Waals surface area (Å²) < 4.78 is 11.7. The molecule has 4 aromatic rings. The Balaban J connectivity index is 1.45. The number of allylic oxidation sites excluding steroid dienone is 1. The summed E-state index contributed by atoms with van der Waals surface area (Å²) in [6, 6.07) is 13.9. The number of nitrogens with one attached hydrogen (secondary N) is 1. The van der Waals surface area contributed by atoms with Gasteiger partial charge in [0.05, 0.1) is 30.4 Å². The molecular weight excluding hydrogens is 586 g/mol. The number of thiazole rings is 1. The summed E-state index contributed by atoms with van der Waals surface area (Å²) in [5.74, 6) is -0.389. The minimum absolute atomic E-state index is 0.177. The molecule has 1 fully saturated rings. The Labute approximate surface area is 268 Å². The molecule has 0 bridgehead atoms. The van der Waals surface area contributed by atoms with E-state index in [2.05, 4.69) is 23.5 Å². The Morgan fingerprint density at radius 3 is 2.56 bits per heavy atom. The van der Waals surface area contributed by atoms with Crippen LogP contribution in [0.2, 0.25) is 0 Å². The first-order chi connectivity index (χ1) is 21.6. The van der Waals surface area contributed by atoms with Gasteiger partial charge in [0.15, 0.2) is 5.13 Å². The Kier molecular flexibility index (Phi) is 9.63. The van der Waals surface area contributed by atoms with Crippen LogP contribution >= 0.6 is 11.3 Å². The van der Waals surface area contributed by atoms with Crippen molar-refractivity contribution in [2.24, 2.45) is 5.41 Å². The average Bonchev–Trinajstić information content (AvgIpc) is 3.68. The van der Waals surface area contributed by atoms with E-state index in [0.29, 0.717) is 22.2 Å². The zero-order chi connectivity index (χ0) is 32.1. The summed E-state index contributed by atoms with van der Waals surface area (Å²) >= 11 is 1.46. The number of nitrogens with zero attached hydrogens (tertiary/aromatic N) is 4. The van der Waals surface area contributed by atoms with E-state index in [-0.39, 0.29) is 18.9 Å². The number of amides is 1. The second kappa shape index (κ2) is 13.6. The quantitative estimate of drug-likeness (QED) is 0.148. The Morgan fingerprint density at radius 2 is 1.87 bits per heavy atom. The van der Waals surface area contributed by atoms with Gasteiger partial charge in [-0.1, -0.05) is 69.8 Å². The predicted octanol–water partition coefficient (Wildman–Crippen LogP) is 6.56. The fourth-order valence-corrected chi connectivity index (χ4v) is 6.16. The number of esters is 1. The van der Waals surface area contributed by atoms with Gasteiger partial charge in [-0.2, -0.15) is 0 Å². The van der Waals surface area contributed by atoms with Gasteiger partial charge in [-0.3, -0.25) is 4.79 Å². The van der Waals surface area contributed by atoms with Crippen molar-refractivity contribution in [3.8, 4) is 17.1 Å². The monoisotopic (exact) mass is 625 g/mol. The van der Waals surface area contributed by atoms with Crippen LogP contribution in [0.4, 0.5) is 5.13 Å². The molecule has 3 heterocycles. The fraction of sp³-hybridized carbons (Fsp3) is 0.343. The van der Waals surface area contributed by atoms with Crippen molar-refractivity contribution in [1.29, 1.82) is 0 Å². The van der Waals surface area contributed by atoms with Gasteiger partial charge in [0.1, 0.15) is 23.9 Å². The molecule has 2 aromatic carbocycles. The third-order valence-electron chi connectivity index (χ3n) is 7.77. The number of hydrogen-bond donors (Lipinski definition) is 1. The van der Waals surface area contributed by atoms with Crippen LogP contribution in [-0.2, 0) is 20.7 Å². The lowest BCUT2D eigenvalue weighted by Crippen LogP contribution is -2.52. The standard InChI is InChI=1S/C35H39N5O4S/c1-7-9-15-24-21-45-34(36-24)39-30(35(3,4)5)32(41)40-20-25(19-28(40)33(42)43-6)44-31-29(23-14-12-13-22(8-2)18-23)37-26-16-10-11-17-27(26)38-31/h7-8,10-14,16-18,21,25,28,30H,1-2,9,15,19-20H2,3-6H3,(H,36,39)/t25-,28+,30-/m1/s1. The van der Waals surface area contributed by atoms with E-state index in [4.69, 9.17) is 19.4 Å². The second-order valence-electron chi connectivity index (χ2n) is 12.1.